The molecule has 0 saturated heterocycles. The molecule has 0 aliphatic rings. The van der Waals surface area contributed by atoms with E-state index in [1.54, 1.807) is 11.0 Å². The van der Waals surface area contributed by atoms with Crippen LogP contribution >= 0.6 is 23.2 Å². The van der Waals surface area contributed by atoms with Gasteiger partial charge in [0, 0.05) is 23.5 Å². The minimum Gasteiger partial charge on any atom is -0.339 e. The van der Waals surface area contributed by atoms with Crippen LogP contribution in [0.5, 0.6) is 0 Å². The zero-order chi connectivity index (χ0) is 12.8. The quantitative estimate of drug-likeness (QED) is 0.754. The molecule has 0 unspecified atom stereocenters. The lowest BCUT2D eigenvalue weighted by Crippen LogP contribution is -2.39. The van der Waals surface area contributed by atoms with Crippen LogP contribution in [0.2, 0.25) is 5.02 Å². The van der Waals surface area contributed by atoms with Gasteiger partial charge in [-0.1, -0.05) is 29.8 Å². The summed E-state index contributed by atoms with van der Waals surface area (Å²) in [6, 6.07) is 7.57. The van der Waals surface area contributed by atoms with Crippen molar-refractivity contribution < 1.29 is 4.79 Å². The lowest BCUT2D eigenvalue weighted by Gasteiger charge is -2.26. The molecule has 4 heteroatoms. The predicted octanol–water partition coefficient (Wildman–Crippen LogP) is 3.36. The van der Waals surface area contributed by atoms with E-state index >= 15 is 0 Å². The molecular weight excluding hydrogens is 257 g/mol. The lowest BCUT2D eigenvalue weighted by molar-refractivity contribution is -0.131. The molecule has 1 aromatic rings. The lowest BCUT2D eigenvalue weighted by atomic mass is 10.1. The number of carbonyl (C=O) groups is 1. The smallest absolute Gasteiger partial charge is 0.227 e. The van der Waals surface area contributed by atoms with Gasteiger partial charge in [0.2, 0.25) is 5.91 Å². The highest BCUT2D eigenvalue weighted by Crippen LogP contribution is 2.16. The second kappa shape index (κ2) is 6.87. The van der Waals surface area contributed by atoms with Crippen molar-refractivity contribution in [3.8, 4) is 0 Å². The van der Waals surface area contributed by atoms with Gasteiger partial charge in [-0.15, -0.1) is 11.6 Å². The van der Waals surface area contributed by atoms with Gasteiger partial charge in [0.05, 0.1) is 6.42 Å². The van der Waals surface area contributed by atoms with Crippen molar-refractivity contribution in [2.75, 3.05) is 12.4 Å². The molecular formula is C13H17Cl2NO. The highest BCUT2D eigenvalue weighted by atomic mass is 35.5. The number of rotatable bonds is 5. The molecule has 0 aliphatic carbocycles. The SMILES string of the molecule is CC(C)N(CCCl)C(=O)Cc1ccccc1Cl. The van der Waals surface area contributed by atoms with Gasteiger partial charge in [0.1, 0.15) is 0 Å². The first kappa shape index (κ1) is 14.3. The summed E-state index contributed by atoms with van der Waals surface area (Å²) in [7, 11) is 0. The first-order valence-corrected chi connectivity index (χ1v) is 6.56. The van der Waals surface area contributed by atoms with E-state index in [1.807, 2.05) is 32.0 Å². The zero-order valence-corrected chi connectivity index (χ0v) is 11.6. The normalized spacial score (nSPS) is 10.6. The second-order valence-corrected chi connectivity index (χ2v) is 4.92. The van der Waals surface area contributed by atoms with E-state index in [0.29, 0.717) is 23.9 Å². The Morgan fingerprint density at radius 2 is 2.00 bits per heavy atom. The van der Waals surface area contributed by atoms with E-state index in [0.717, 1.165) is 5.56 Å². The number of hydrogen-bond acceptors (Lipinski definition) is 1. The molecule has 94 valence electrons. The summed E-state index contributed by atoms with van der Waals surface area (Å²) in [4.78, 5) is 13.9. The Bertz CT molecular complexity index is 379. The number of halogens is 2. The van der Waals surface area contributed by atoms with E-state index in [4.69, 9.17) is 23.2 Å². The van der Waals surface area contributed by atoms with Crippen molar-refractivity contribution in [2.45, 2.75) is 26.3 Å². The van der Waals surface area contributed by atoms with Crippen LogP contribution in [0, 0.1) is 0 Å². The van der Waals surface area contributed by atoms with Crippen molar-refractivity contribution in [3.63, 3.8) is 0 Å². The second-order valence-electron chi connectivity index (χ2n) is 4.14. The topological polar surface area (TPSA) is 20.3 Å². The molecule has 0 aromatic heterocycles. The largest absolute Gasteiger partial charge is 0.339 e. The standard InChI is InChI=1S/C13H17Cl2NO/c1-10(2)16(8-7-14)13(17)9-11-5-3-4-6-12(11)15/h3-6,10H,7-9H2,1-2H3. The van der Waals surface area contributed by atoms with Gasteiger partial charge >= 0.3 is 0 Å². The average molecular weight is 274 g/mol. The molecule has 0 heterocycles. The third-order valence-corrected chi connectivity index (χ3v) is 3.11. The molecule has 2 nitrogen and oxygen atoms in total. The van der Waals surface area contributed by atoms with Crippen LogP contribution < -0.4 is 0 Å². The van der Waals surface area contributed by atoms with E-state index in [2.05, 4.69) is 0 Å². The Kier molecular flexibility index (Phi) is 5.79. The molecule has 0 bridgehead atoms. The fourth-order valence-corrected chi connectivity index (χ4v) is 2.05. The first-order chi connectivity index (χ1) is 8.06. The number of hydrogen-bond donors (Lipinski definition) is 0. The van der Waals surface area contributed by atoms with E-state index in [9.17, 15) is 4.79 Å². The average Bonchev–Trinajstić information content (AvgIpc) is 2.28. The Labute approximate surface area is 113 Å². The summed E-state index contributed by atoms with van der Waals surface area (Å²) in [6.45, 7) is 4.54. The molecule has 0 N–H and O–H groups in total. The molecule has 17 heavy (non-hydrogen) atoms. The summed E-state index contributed by atoms with van der Waals surface area (Å²) in [5.74, 6) is 0.514. The molecule has 0 radical (unpaired) electrons. The summed E-state index contributed by atoms with van der Waals surface area (Å²) < 4.78 is 0. The predicted molar refractivity (Wildman–Crippen MR) is 72.7 cm³/mol. The van der Waals surface area contributed by atoms with Crippen LogP contribution in [0.4, 0.5) is 0 Å². The number of amides is 1. The van der Waals surface area contributed by atoms with E-state index in [1.165, 1.54) is 0 Å². The molecule has 1 amide bonds. The fourth-order valence-electron chi connectivity index (χ4n) is 1.67. The highest BCUT2D eigenvalue weighted by molar-refractivity contribution is 6.31. The zero-order valence-electron chi connectivity index (χ0n) is 10.1. The molecule has 0 aliphatic heterocycles. The minimum atomic E-state index is 0.0637. The Morgan fingerprint density at radius 1 is 1.35 bits per heavy atom. The van der Waals surface area contributed by atoms with Crippen molar-refractivity contribution in [3.05, 3.63) is 34.9 Å². The van der Waals surface area contributed by atoms with Gasteiger partial charge in [-0.05, 0) is 25.5 Å². The van der Waals surface area contributed by atoms with Crippen molar-refractivity contribution in [1.29, 1.82) is 0 Å². The van der Waals surface area contributed by atoms with Gasteiger partial charge in [0.25, 0.3) is 0 Å². The highest BCUT2D eigenvalue weighted by Gasteiger charge is 2.17. The Morgan fingerprint density at radius 3 is 2.53 bits per heavy atom. The van der Waals surface area contributed by atoms with Crippen LogP contribution in [-0.2, 0) is 11.2 Å². The molecule has 0 fully saturated rings. The van der Waals surface area contributed by atoms with E-state index < -0.39 is 0 Å². The van der Waals surface area contributed by atoms with Crippen molar-refractivity contribution >= 4 is 29.1 Å². The van der Waals surface area contributed by atoms with E-state index in [-0.39, 0.29) is 11.9 Å². The molecule has 0 spiro atoms. The van der Waals surface area contributed by atoms with Gasteiger partial charge in [-0.25, -0.2) is 0 Å². The number of alkyl halides is 1. The van der Waals surface area contributed by atoms with Crippen LogP contribution in [0.1, 0.15) is 19.4 Å². The van der Waals surface area contributed by atoms with Crippen LogP contribution in [0.3, 0.4) is 0 Å². The monoisotopic (exact) mass is 273 g/mol. The fraction of sp³-hybridized carbons (Fsp3) is 0.462. The first-order valence-electron chi connectivity index (χ1n) is 5.65. The van der Waals surface area contributed by atoms with Gasteiger partial charge < -0.3 is 4.90 Å². The van der Waals surface area contributed by atoms with Crippen molar-refractivity contribution in [2.24, 2.45) is 0 Å². The molecule has 1 rings (SSSR count). The van der Waals surface area contributed by atoms with Crippen LogP contribution in [-0.4, -0.2) is 29.3 Å². The summed E-state index contributed by atoms with van der Waals surface area (Å²) in [5, 5.41) is 0.635. The maximum atomic E-state index is 12.1. The number of benzene rings is 1. The number of nitrogens with zero attached hydrogens (tertiary/aromatic N) is 1. The van der Waals surface area contributed by atoms with Crippen molar-refractivity contribution in [1.82, 2.24) is 4.90 Å². The third-order valence-electron chi connectivity index (χ3n) is 2.57. The molecule has 1 aromatic carbocycles. The summed E-state index contributed by atoms with van der Waals surface area (Å²) in [6.07, 6.45) is 0.328. The Hall–Kier alpha value is -0.730. The molecule has 0 atom stereocenters. The minimum absolute atomic E-state index is 0.0637. The number of carbonyl (C=O) groups excluding carboxylic acids is 1. The van der Waals surface area contributed by atoms with Gasteiger partial charge in [-0.2, -0.15) is 0 Å². The summed E-state index contributed by atoms with van der Waals surface area (Å²) >= 11 is 11.7. The maximum absolute atomic E-state index is 12.1. The Balaban J connectivity index is 2.73. The summed E-state index contributed by atoms with van der Waals surface area (Å²) in [5.41, 5.74) is 0.861. The maximum Gasteiger partial charge on any atom is 0.227 e. The van der Waals surface area contributed by atoms with Crippen LogP contribution in [0.15, 0.2) is 24.3 Å². The third kappa shape index (κ3) is 4.21. The molecule has 0 saturated carbocycles. The van der Waals surface area contributed by atoms with Crippen LogP contribution in [0.25, 0.3) is 0 Å². The van der Waals surface area contributed by atoms with Gasteiger partial charge in [-0.3, -0.25) is 4.79 Å². The van der Waals surface area contributed by atoms with Gasteiger partial charge in [0.15, 0.2) is 0 Å².